The predicted octanol–water partition coefficient (Wildman–Crippen LogP) is 4.04. The van der Waals surface area contributed by atoms with Crippen LogP contribution in [0.15, 0.2) is 84.9 Å². The van der Waals surface area contributed by atoms with Gasteiger partial charge in [-0.2, -0.15) is 0 Å². The average molecular weight is 449 g/mol. The Hall–Kier alpha value is -4.54. The Balaban J connectivity index is 1.63. The monoisotopic (exact) mass is 449 g/mol. The molecule has 0 atom stereocenters. The number of benzene rings is 3. The summed E-state index contributed by atoms with van der Waals surface area (Å²) in [6.45, 7) is 0. The second-order valence-corrected chi connectivity index (χ2v) is 7.80. The molecule has 2 heterocycles. The van der Waals surface area contributed by atoms with E-state index in [2.05, 4.69) is 26.8 Å². The van der Waals surface area contributed by atoms with E-state index in [0.717, 1.165) is 0 Å². The van der Waals surface area contributed by atoms with Gasteiger partial charge >= 0.3 is 0 Å². The summed E-state index contributed by atoms with van der Waals surface area (Å²) >= 11 is 0. The highest BCUT2D eigenvalue weighted by Gasteiger charge is 2.29. The van der Waals surface area contributed by atoms with E-state index in [-0.39, 0.29) is 17.5 Å². The lowest BCUT2D eigenvalue weighted by atomic mass is 9.87. The largest absolute Gasteiger partial charge is 0.382 e. The van der Waals surface area contributed by atoms with Gasteiger partial charge in [0.25, 0.3) is 0 Å². The van der Waals surface area contributed by atoms with Gasteiger partial charge in [0.2, 0.25) is 5.82 Å². The zero-order chi connectivity index (χ0) is 23.7. The van der Waals surface area contributed by atoms with Crippen LogP contribution < -0.4 is 5.73 Å². The van der Waals surface area contributed by atoms with Crippen molar-refractivity contribution in [2.75, 3.05) is 5.73 Å². The van der Waals surface area contributed by atoms with Crippen LogP contribution in [0.2, 0.25) is 0 Å². The van der Waals surface area contributed by atoms with Crippen molar-refractivity contribution in [2.45, 2.75) is 5.60 Å². The summed E-state index contributed by atoms with van der Waals surface area (Å²) in [5, 5.41) is 11.6. The molecule has 7 heteroatoms. The fourth-order valence-electron chi connectivity index (χ4n) is 3.84. The number of fused-ring (bicyclic) bond motifs is 1. The van der Waals surface area contributed by atoms with Crippen molar-refractivity contribution < 1.29 is 9.50 Å². The Bertz CT molecular complexity index is 1510. The standard InChI is InChI=1S/C27H20FN5O/c1-33-25(18-9-8-14-21(28)17-18)32-23-24(29)30-22(31-26(23)33)15-16-27(34,19-10-4-2-5-11-19)20-12-6-3-7-13-20/h2-14,17,34H,1H3,(H2,29,30,31). The maximum Gasteiger partial charge on any atom is 0.209 e. The molecule has 0 saturated carbocycles. The van der Waals surface area contributed by atoms with E-state index in [9.17, 15) is 9.50 Å². The summed E-state index contributed by atoms with van der Waals surface area (Å²) in [5.41, 5.74) is 7.29. The van der Waals surface area contributed by atoms with Gasteiger partial charge in [-0.05, 0) is 24.0 Å². The van der Waals surface area contributed by atoms with Crippen molar-refractivity contribution in [1.29, 1.82) is 0 Å². The molecule has 3 N–H and O–H groups in total. The van der Waals surface area contributed by atoms with Gasteiger partial charge in [0.1, 0.15) is 11.6 Å². The maximum absolute atomic E-state index is 13.7. The molecular formula is C27H20FN5O. The molecule has 166 valence electrons. The molecule has 0 radical (unpaired) electrons. The second-order valence-electron chi connectivity index (χ2n) is 7.80. The van der Waals surface area contributed by atoms with Gasteiger partial charge in [0.15, 0.2) is 22.6 Å². The molecule has 0 unspecified atom stereocenters. The van der Waals surface area contributed by atoms with Gasteiger partial charge in [0.05, 0.1) is 0 Å². The van der Waals surface area contributed by atoms with Crippen molar-refractivity contribution >= 4 is 17.0 Å². The number of anilines is 1. The first-order valence-corrected chi connectivity index (χ1v) is 10.6. The molecule has 0 spiro atoms. The predicted molar refractivity (Wildman–Crippen MR) is 129 cm³/mol. The van der Waals surface area contributed by atoms with E-state index in [1.165, 1.54) is 12.1 Å². The normalized spacial score (nSPS) is 11.3. The van der Waals surface area contributed by atoms with Crippen LogP contribution in [0.5, 0.6) is 0 Å². The molecule has 5 rings (SSSR count). The number of nitrogens with two attached hydrogens (primary N) is 1. The van der Waals surface area contributed by atoms with Gasteiger partial charge in [0, 0.05) is 23.7 Å². The SMILES string of the molecule is Cn1c(-c2cccc(F)c2)nc2c(N)nc(C#CC(O)(c3ccccc3)c3ccccc3)nc21. The highest BCUT2D eigenvalue weighted by Crippen LogP contribution is 2.29. The van der Waals surface area contributed by atoms with Crippen LogP contribution in [-0.4, -0.2) is 24.6 Å². The van der Waals surface area contributed by atoms with E-state index in [0.29, 0.717) is 33.7 Å². The number of aliphatic hydroxyl groups is 1. The topological polar surface area (TPSA) is 89.9 Å². The Morgan fingerprint density at radius 2 is 1.53 bits per heavy atom. The lowest BCUT2D eigenvalue weighted by Crippen LogP contribution is -2.25. The first-order chi connectivity index (χ1) is 16.5. The minimum Gasteiger partial charge on any atom is -0.382 e. The Morgan fingerprint density at radius 3 is 2.15 bits per heavy atom. The molecule has 3 aromatic carbocycles. The second kappa shape index (κ2) is 8.43. The molecule has 5 aromatic rings. The number of nitrogen functional groups attached to an aromatic ring is 1. The molecular weight excluding hydrogens is 429 g/mol. The van der Waals surface area contributed by atoms with E-state index < -0.39 is 5.60 Å². The van der Waals surface area contributed by atoms with Crippen molar-refractivity contribution in [2.24, 2.45) is 7.05 Å². The molecule has 0 aliphatic rings. The van der Waals surface area contributed by atoms with Crippen LogP contribution in [0.25, 0.3) is 22.6 Å². The van der Waals surface area contributed by atoms with Crippen LogP contribution in [0.3, 0.4) is 0 Å². The third-order valence-corrected chi connectivity index (χ3v) is 5.57. The smallest absolute Gasteiger partial charge is 0.209 e. The van der Waals surface area contributed by atoms with E-state index in [4.69, 9.17) is 5.73 Å². The van der Waals surface area contributed by atoms with Crippen molar-refractivity contribution in [1.82, 2.24) is 19.5 Å². The molecule has 6 nitrogen and oxygen atoms in total. The first-order valence-electron chi connectivity index (χ1n) is 10.6. The number of aromatic nitrogens is 4. The van der Waals surface area contributed by atoms with Gasteiger partial charge in [-0.25, -0.2) is 19.3 Å². The van der Waals surface area contributed by atoms with Crippen LogP contribution in [-0.2, 0) is 12.6 Å². The lowest BCUT2D eigenvalue weighted by Gasteiger charge is -2.23. The van der Waals surface area contributed by atoms with Gasteiger partial charge < -0.3 is 15.4 Å². The number of hydrogen-bond donors (Lipinski definition) is 2. The third-order valence-electron chi connectivity index (χ3n) is 5.57. The number of hydrogen-bond acceptors (Lipinski definition) is 5. The molecule has 0 aliphatic carbocycles. The van der Waals surface area contributed by atoms with E-state index >= 15 is 0 Å². The zero-order valence-corrected chi connectivity index (χ0v) is 18.3. The number of rotatable bonds is 3. The molecule has 2 aromatic heterocycles. The van der Waals surface area contributed by atoms with Gasteiger partial charge in [-0.15, -0.1) is 0 Å². The van der Waals surface area contributed by atoms with Crippen LogP contribution in [0.4, 0.5) is 10.2 Å². The highest BCUT2D eigenvalue weighted by molar-refractivity contribution is 5.85. The Labute approximate surface area is 195 Å². The van der Waals surface area contributed by atoms with Gasteiger partial charge in [-0.1, -0.05) is 72.8 Å². The third kappa shape index (κ3) is 3.76. The van der Waals surface area contributed by atoms with Crippen LogP contribution in [0, 0.1) is 17.7 Å². The molecule has 34 heavy (non-hydrogen) atoms. The molecule has 0 aliphatic heterocycles. The van der Waals surface area contributed by atoms with E-state index in [1.54, 1.807) is 23.7 Å². The first kappa shape index (κ1) is 21.3. The lowest BCUT2D eigenvalue weighted by molar-refractivity contribution is 0.145. The fourth-order valence-corrected chi connectivity index (χ4v) is 3.84. The zero-order valence-electron chi connectivity index (χ0n) is 18.3. The van der Waals surface area contributed by atoms with Crippen LogP contribution >= 0.6 is 0 Å². The minimum absolute atomic E-state index is 0.143. The number of nitrogens with zero attached hydrogens (tertiary/aromatic N) is 4. The molecule has 0 saturated heterocycles. The van der Waals surface area contributed by atoms with Crippen molar-refractivity contribution in [3.63, 3.8) is 0 Å². The van der Waals surface area contributed by atoms with Gasteiger partial charge in [-0.3, -0.25) is 0 Å². The Morgan fingerprint density at radius 1 is 0.882 bits per heavy atom. The summed E-state index contributed by atoms with van der Waals surface area (Å²) in [5.74, 6) is 6.28. The van der Waals surface area contributed by atoms with Crippen LogP contribution in [0.1, 0.15) is 17.0 Å². The average Bonchev–Trinajstić information content (AvgIpc) is 3.20. The number of halogens is 1. The summed E-state index contributed by atoms with van der Waals surface area (Å²) in [6.07, 6.45) is 0. The molecule has 0 bridgehead atoms. The van der Waals surface area contributed by atoms with Crippen molar-refractivity contribution in [3.05, 3.63) is 108 Å². The maximum atomic E-state index is 13.7. The summed E-state index contributed by atoms with van der Waals surface area (Å²) in [6, 6.07) is 24.5. The summed E-state index contributed by atoms with van der Waals surface area (Å²) in [7, 11) is 1.77. The fraction of sp³-hybridized carbons (Fsp3) is 0.0741. The molecule has 0 amide bonds. The quantitative estimate of drug-likeness (QED) is 0.406. The number of imidazole rings is 1. The van der Waals surface area contributed by atoms with Crippen molar-refractivity contribution in [3.8, 4) is 23.2 Å². The van der Waals surface area contributed by atoms with E-state index in [1.807, 2.05) is 60.7 Å². The summed E-state index contributed by atoms with van der Waals surface area (Å²) < 4.78 is 15.5. The summed E-state index contributed by atoms with van der Waals surface area (Å²) in [4.78, 5) is 13.3. The highest BCUT2D eigenvalue weighted by atomic mass is 19.1. The number of aryl methyl sites for hydroxylation is 1. The molecule has 0 fully saturated rings. The Kier molecular flexibility index (Phi) is 5.28. The minimum atomic E-state index is -1.57.